The van der Waals surface area contributed by atoms with E-state index in [9.17, 15) is 4.79 Å². The van der Waals surface area contributed by atoms with Crippen LogP contribution in [0, 0.1) is 0 Å². The standard InChI is InChI=1S/C13H15N3OS/c1-13(2,10-6-4-3-5-7-10)16-11(17)15-12-14-8-9-18-12/h3-9H,1-2H3,(H2,14,15,16,17). The molecule has 0 fully saturated rings. The van der Waals surface area contributed by atoms with Gasteiger partial charge in [-0.1, -0.05) is 30.3 Å². The van der Waals surface area contributed by atoms with Crippen LogP contribution in [0.5, 0.6) is 0 Å². The molecule has 0 spiro atoms. The first kappa shape index (κ1) is 12.6. The predicted molar refractivity (Wildman–Crippen MR) is 73.7 cm³/mol. The highest BCUT2D eigenvalue weighted by Gasteiger charge is 2.22. The van der Waals surface area contributed by atoms with E-state index in [1.54, 1.807) is 6.20 Å². The minimum Gasteiger partial charge on any atom is -0.329 e. The minimum atomic E-state index is -0.428. The number of carbonyl (C=O) groups excluding carboxylic acids is 1. The molecule has 1 heterocycles. The summed E-state index contributed by atoms with van der Waals surface area (Å²) in [6, 6.07) is 9.59. The first-order valence-electron chi connectivity index (χ1n) is 5.62. The van der Waals surface area contributed by atoms with E-state index in [0.717, 1.165) is 5.56 Å². The van der Waals surface area contributed by atoms with Gasteiger partial charge in [0.15, 0.2) is 5.13 Å². The lowest BCUT2D eigenvalue weighted by molar-refractivity contribution is 0.242. The van der Waals surface area contributed by atoms with E-state index in [2.05, 4.69) is 15.6 Å². The van der Waals surface area contributed by atoms with E-state index in [1.165, 1.54) is 11.3 Å². The third kappa shape index (κ3) is 3.07. The van der Waals surface area contributed by atoms with Gasteiger partial charge in [-0.2, -0.15) is 0 Å². The number of benzene rings is 1. The van der Waals surface area contributed by atoms with Crippen LogP contribution in [0.4, 0.5) is 9.93 Å². The molecule has 0 atom stereocenters. The maximum absolute atomic E-state index is 11.8. The Kier molecular flexibility index (Phi) is 3.62. The Bertz CT molecular complexity index is 508. The summed E-state index contributed by atoms with van der Waals surface area (Å²) in [7, 11) is 0. The average Bonchev–Trinajstić information content (AvgIpc) is 2.82. The molecule has 5 heteroatoms. The van der Waals surface area contributed by atoms with Crippen LogP contribution in [0.15, 0.2) is 41.9 Å². The Morgan fingerprint density at radius 2 is 2.00 bits per heavy atom. The van der Waals surface area contributed by atoms with Gasteiger partial charge >= 0.3 is 6.03 Å². The second-order valence-electron chi connectivity index (χ2n) is 4.41. The lowest BCUT2D eigenvalue weighted by atomic mass is 9.95. The van der Waals surface area contributed by atoms with Gasteiger partial charge in [0, 0.05) is 11.6 Å². The first-order valence-corrected chi connectivity index (χ1v) is 6.50. The summed E-state index contributed by atoms with van der Waals surface area (Å²) < 4.78 is 0. The Balaban J connectivity index is 2.02. The smallest absolute Gasteiger partial charge is 0.321 e. The highest BCUT2D eigenvalue weighted by Crippen LogP contribution is 2.19. The molecule has 2 rings (SSSR count). The number of nitrogens with one attached hydrogen (secondary N) is 2. The average molecular weight is 261 g/mol. The molecule has 0 saturated heterocycles. The molecular formula is C13H15N3OS. The molecule has 0 aliphatic carbocycles. The van der Waals surface area contributed by atoms with E-state index in [4.69, 9.17) is 0 Å². The quantitative estimate of drug-likeness (QED) is 0.891. The van der Waals surface area contributed by atoms with E-state index in [0.29, 0.717) is 5.13 Å². The van der Waals surface area contributed by atoms with Crippen LogP contribution < -0.4 is 10.6 Å². The van der Waals surface area contributed by atoms with Gasteiger partial charge in [-0.25, -0.2) is 9.78 Å². The van der Waals surface area contributed by atoms with Crippen LogP contribution in [-0.2, 0) is 5.54 Å². The van der Waals surface area contributed by atoms with Crippen LogP contribution in [-0.4, -0.2) is 11.0 Å². The second-order valence-corrected chi connectivity index (χ2v) is 5.30. The molecule has 18 heavy (non-hydrogen) atoms. The fraction of sp³-hybridized carbons (Fsp3) is 0.231. The Labute approximate surface area is 110 Å². The Hall–Kier alpha value is -1.88. The topological polar surface area (TPSA) is 54.0 Å². The molecule has 0 bridgehead atoms. The van der Waals surface area contributed by atoms with Gasteiger partial charge in [0.1, 0.15) is 0 Å². The molecule has 2 amide bonds. The Morgan fingerprint density at radius 3 is 2.61 bits per heavy atom. The molecule has 0 aliphatic heterocycles. The molecule has 4 nitrogen and oxygen atoms in total. The van der Waals surface area contributed by atoms with Crippen molar-refractivity contribution in [2.75, 3.05) is 5.32 Å². The summed E-state index contributed by atoms with van der Waals surface area (Å²) in [6.45, 7) is 3.92. The number of thiazole rings is 1. The zero-order valence-electron chi connectivity index (χ0n) is 10.3. The predicted octanol–water partition coefficient (Wildman–Crippen LogP) is 3.20. The number of anilines is 1. The monoisotopic (exact) mass is 261 g/mol. The number of amides is 2. The number of carbonyl (C=O) groups is 1. The number of nitrogens with zero attached hydrogens (tertiary/aromatic N) is 1. The van der Waals surface area contributed by atoms with E-state index in [1.807, 2.05) is 49.6 Å². The normalized spacial score (nSPS) is 11.0. The number of hydrogen-bond donors (Lipinski definition) is 2. The first-order chi connectivity index (χ1) is 8.58. The summed E-state index contributed by atoms with van der Waals surface area (Å²) in [5.74, 6) is 0. The van der Waals surface area contributed by atoms with Gasteiger partial charge in [0.2, 0.25) is 0 Å². The zero-order valence-corrected chi connectivity index (χ0v) is 11.1. The molecule has 0 radical (unpaired) electrons. The largest absolute Gasteiger partial charge is 0.329 e. The second kappa shape index (κ2) is 5.18. The van der Waals surface area contributed by atoms with Crippen molar-refractivity contribution in [2.24, 2.45) is 0 Å². The fourth-order valence-corrected chi connectivity index (χ4v) is 2.15. The van der Waals surface area contributed by atoms with Gasteiger partial charge in [-0.15, -0.1) is 11.3 Å². The lowest BCUT2D eigenvalue weighted by Gasteiger charge is -2.26. The van der Waals surface area contributed by atoms with Crippen molar-refractivity contribution in [1.29, 1.82) is 0 Å². The van der Waals surface area contributed by atoms with E-state index >= 15 is 0 Å². The van der Waals surface area contributed by atoms with Gasteiger partial charge in [-0.05, 0) is 19.4 Å². The SMILES string of the molecule is CC(C)(NC(=O)Nc1nccs1)c1ccccc1. The lowest BCUT2D eigenvalue weighted by Crippen LogP contribution is -2.43. The number of aromatic nitrogens is 1. The minimum absolute atomic E-state index is 0.251. The molecule has 2 N–H and O–H groups in total. The maximum atomic E-state index is 11.8. The van der Waals surface area contributed by atoms with Crippen molar-refractivity contribution in [1.82, 2.24) is 10.3 Å². The van der Waals surface area contributed by atoms with Crippen LogP contribution >= 0.6 is 11.3 Å². The number of hydrogen-bond acceptors (Lipinski definition) is 3. The molecule has 0 unspecified atom stereocenters. The van der Waals surface area contributed by atoms with Gasteiger partial charge in [-0.3, -0.25) is 5.32 Å². The van der Waals surface area contributed by atoms with E-state index < -0.39 is 5.54 Å². The van der Waals surface area contributed by atoms with Crippen LogP contribution in [0.3, 0.4) is 0 Å². The van der Waals surface area contributed by atoms with Gasteiger partial charge in [0.05, 0.1) is 5.54 Å². The third-order valence-corrected chi connectivity index (χ3v) is 3.26. The number of urea groups is 1. The molecule has 0 aliphatic rings. The summed E-state index contributed by atoms with van der Waals surface area (Å²) in [5, 5.41) is 8.04. The van der Waals surface area contributed by atoms with Crippen molar-refractivity contribution in [2.45, 2.75) is 19.4 Å². The van der Waals surface area contributed by atoms with Gasteiger partial charge < -0.3 is 5.32 Å². The van der Waals surface area contributed by atoms with Crippen molar-refractivity contribution >= 4 is 22.5 Å². The molecule has 1 aromatic heterocycles. The maximum Gasteiger partial charge on any atom is 0.321 e. The van der Waals surface area contributed by atoms with Crippen molar-refractivity contribution < 1.29 is 4.79 Å². The molecular weight excluding hydrogens is 246 g/mol. The molecule has 94 valence electrons. The van der Waals surface area contributed by atoms with E-state index in [-0.39, 0.29) is 6.03 Å². The van der Waals surface area contributed by atoms with Crippen LogP contribution in [0.25, 0.3) is 0 Å². The van der Waals surface area contributed by atoms with Crippen molar-refractivity contribution in [3.63, 3.8) is 0 Å². The van der Waals surface area contributed by atoms with Crippen molar-refractivity contribution in [3.05, 3.63) is 47.5 Å². The molecule has 0 saturated carbocycles. The van der Waals surface area contributed by atoms with Gasteiger partial charge in [0.25, 0.3) is 0 Å². The zero-order chi connectivity index (χ0) is 13.0. The summed E-state index contributed by atoms with van der Waals surface area (Å²) in [6.07, 6.45) is 1.66. The summed E-state index contributed by atoms with van der Waals surface area (Å²) in [4.78, 5) is 15.8. The summed E-state index contributed by atoms with van der Waals surface area (Å²) >= 11 is 1.39. The van der Waals surface area contributed by atoms with Crippen LogP contribution in [0.1, 0.15) is 19.4 Å². The highest BCUT2D eigenvalue weighted by molar-refractivity contribution is 7.13. The Morgan fingerprint density at radius 1 is 1.28 bits per heavy atom. The van der Waals surface area contributed by atoms with Crippen molar-refractivity contribution in [3.8, 4) is 0 Å². The van der Waals surface area contributed by atoms with Crippen LogP contribution in [0.2, 0.25) is 0 Å². The fourth-order valence-electron chi connectivity index (χ4n) is 1.62. The number of rotatable bonds is 3. The highest BCUT2D eigenvalue weighted by atomic mass is 32.1. The molecule has 1 aromatic carbocycles. The summed E-state index contributed by atoms with van der Waals surface area (Å²) in [5.41, 5.74) is 0.627. The molecule has 2 aromatic rings. The third-order valence-electron chi connectivity index (χ3n) is 2.57.